The SMILES string of the molecule is COC[C@H](N)C(=O)N1CCN(c2ccc(N3C[C@H](CNC(=O)S)OC3=O)cc2F)CC1.Cl. The molecule has 2 aliphatic heterocycles. The Labute approximate surface area is 197 Å². The lowest BCUT2D eigenvalue weighted by Gasteiger charge is -2.37. The predicted octanol–water partition coefficient (Wildman–Crippen LogP) is 0.834. The van der Waals surface area contributed by atoms with Crippen LogP contribution in [0.5, 0.6) is 0 Å². The molecule has 1 aromatic carbocycles. The summed E-state index contributed by atoms with van der Waals surface area (Å²) >= 11 is 3.60. The number of carbonyl (C=O) groups is 3. The molecule has 178 valence electrons. The summed E-state index contributed by atoms with van der Waals surface area (Å²) in [5.74, 6) is -0.665. The van der Waals surface area contributed by atoms with E-state index in [2.05, 4.69) is 17.9 Å². The number of ether oxygens (including phenoxy) is 2. The van der Waals surface area contributed by atoms with Gasteiger partial charge in [0.05, 0.1) is 31.1 Å². The van der Waals surface area contributed by atoms with Crippen molar-refractivity contribution in [2.75, 3.05) is 62.8 Å². The van der Waals surface area contributed by atoms with Gasteiger partial charge in [0.25, 0.3) is 5.24 Å². The Balaban J connectivity index is 0.00000363. The van der Waals surface area contributed by atoms with E-state index < -0.39 is 29.3 Å². The first kappa shape index (κ1) is 26.0. The number of amides is 3. The fraction of sp³-hybridized carbons (Fsp3) is 0.526. The molecule has 0 spiro atoms. The minimum absolute atomic E-state index is 0. The number of halogens is 2. The van der Waals surface area contributed by atoms with E-state index >= 15 is 0 Å². The maximum absolute atomic E-state index is 14.8. The number of benzene rings is 1. The molecule has 0 saturated carbocycles. The highest BCUT2D eigenvalue weighted by Crippen LogP contribution is 2.28. The van der Waals surface area contributed by atoms with Crippen molar-refractivity contribution in [2.24, 2.45) is 5.73 Å². The normalized spacial score (nSPS) is 19.3. The first-order valence-corrected chi connectivity index (χ1v) is 10.3. The summed E-state index contributed by atoms with van der Waals surface area (Å²) in [6, 6.07) is 3.82. The van der Waals surface area contributed by atoms with E-state index in [0.29, 0.717) is 37.6 Å². The van der Waals surface area contributed by atoms with Gasteiger partial charge in [-0.15, -0.1) is 12.4 Å². The summed E-state index contributed by atoms with van der Waals surface area (Å²) in [4.78, 5) is 40.1. The maximum Gasteiger partial charge on any atom is 0.414 e. The van der Waals surface area contributed by atoms with Crippen LogP contribution in [0.2, 0.25) is 0 Å². The van der Waals surface area contributed by atoms with Crippen LogP contribution < -0.4 is 20.9 Å². The number of hydrogen-bond acceptors (Lipinski definition) is 7. The summed E-state index contributed by atoms with van der Waals surface area (Å²) in [5.41, 5.74) is 6.56. The minimum Gasteiger partial charge on any atom is -0.442 e. The molecule has 32 heavy (non-hydrogen) atoms. The quantitative estimate of drug-likeness (QED) is 0.484. The molecule has 3 rings (SSSR count). The van der Waals surface area contributed by atoms with Crippen molar-refractivity contribution in [1.29, 1.82) is 0 Å². The van der Waals surface area contributed by atoms with Gasteiger partial charge in [0.2, 0.25) is 5.91 Å². The molecule has 2 fully saturated rings. The third-order valence-electron chi connectivity index (χ3n) is 5.19. The lowest BCUT2D eigenvalue weighted by Crippen LogP contribution is -2.54. The topological polar surface area (TPSA) is 117 Å². The number of nitrogens with two attached hydrogens (primary N) is 1. The maximum atomic E-state index is 14.8. The largest absolute Gasteiger partial charge is 0.442 e. The first-order valence-electron chi connectivity index (χ1n) is 9.83. The van der Waals surface area contributed by atoms with E-state index in [1.165, 1.54) is 18.1 Å². The number of thiol groups is 1. The van der Waals surface area contributed by atoms with Crippen LogP contribution in [0.3, 0.4) is 0 Å². The number of hydrogen-bond donors (Lipinski definition) is 3. The highest BCUT2D eigenvalue weighted by Gasteiger charge is 2.33. The zero-order chi connectivity index (χ0) is 22.5. The van der Waals surface area contributed by atoms with Crippen molar-refractivity contribution < 1.29 is 28.2 Å². The average Bonchev–Trinajstić information content (AvgIpc) is 3.12. The lowest BCUT2D eigenvalue weighted by molar-refractivity contribution is -0.134. The Morgan fingerprint density at radius 3 is 2.62 bits per heavy atom. The number of nitrogens with zero attached hydrogens (tertiary/aromatic N) is 3. The van der Waals surface area contributed by atoms with E-state index in [1.54, 1.807) is 17.0 Å². The van der Waals surface area contributed by atoms with Gasteiger partial charge in [0.15, 0.2) is 0 Å². The van der Waals surface area contributed by atoms with Crippen molar-refractivity contribution in [2.45, 2.75) is 12.1 Å². The Morgan fingerprint density at radius 2 is 2.03 bits per heavy atom. The Bertz CT molecular complexity index is 842. The predicted molar refractivity (Wildman–Crippen MR) is 122 cm³/mol. The van der Waals surface area contributed by atoms with Gasteiger partial charge in [0.1, 0.15) is 18.0 Å². The smallest absolute Gasteiger partial charge is 0.414 e. The van der Waals surface area contributed by atoms with E-state index in [4.69, 9.17) is 15.2 Å². The zero-order valence-corrected chi connectivity index (χ0v) is 19.2. The summed E-state index contributed by atoms with van der Waals surface area (Å²) in [5, 5.41) is 1.95. The number of piperazine rings is 1. The van der Waals surface area contributed by atoms with Crippen molar-refractivity contribution in [3.8, 4) is 0 Å². The third-order valence-corrected chi connectivity index (χ3v) is 5.35. The molecule has 0 radical (unpaired) electrons. The molecular formula is C19H27ClFN5O5S. The molecule has 1 aromatic rings. The van der Waals surface area contributed by atoms with Crippen LogP contribution in [0.25, 0.3) is 0 Å². The first-order chi connectivity index (χ1) is 14.8. The lowest BCUT2D eigenvalue weighted by atomic mass is 10.2. The molecule has 2 heterocycles. The molecule has 0 aliphatic carbocycles. The van der Waals surface area contributed by atoms with Crippen LogP contribution in [0.15, 0.2) is 18.2 Å². The second-order valence-electron chi connectivity index (χ2n) is 7.31. The van der Waals surface area contributed by atoms with Crippen molar-refractivity contribution in [3.05, 3.63) is 24.0 Å². The van der Waals surface area contributed by atoms with Crippen molar-refractivity contribution >= 4 is 53.7 Å². The number of carbonyl (C=O) groups excluding carboxylic acids is 3. The van der Waals surface area contributed by atoms with E-state index in [-0.39, 0.29) is 38.0 Å². The number of cyclic esters (lactones) is 1. The Kier molecular flexibility index (Phi) is 9.37. The second-order valence-corrected chi connectivity index (χ2v) is 7.72. The van der Waals surface area contributed by atoms with Gasteiger partial charge in [0, 0.05) is 33.3 Å². The van der Waals surface area contributed by atoms with Gasteiger partial charge >= 0.3 is 6.09 Å². The second kappa shape index (κ2) is 11.5. The summed E-state index contributed by atoms with van der Waals surface area (Å²) in [7, 11) is 1.49. The molecular weight excluding hydrogens is 465 g/mol. The van der Waals surface area contributed by atoms with Gasteiger partial charge in [-0.05, 0) is 18.2 Å². The van der Waals surface area contributed by atoms with Crippen LogP contribution in [0, 0.1) is 5.82 Å². The van der Waals surface area contributed by atoms with Crippen LogP contribution in [-0.4, -0.2) is 87.3 Å². The Morgan fingerprint density at radius 1 is 1.34 bits per heavy atom. The number of anilines is 2. The molecule has 3 N–H and O–H groups in total. The molecule has 2 atom stereocenters. The van der Waals surface area contributed by atoms with Crippen LogP contribution in [0.4, 0.5) is 25.4 Å². The van der Waals surface area contributed by atoms with E-state index in [0.717, 1.165) is 0 Å². The van der Waals surface area contributed by atoms with Crippen LogP contribution in [0.1, 0.15) is 0 Å². The summed E-state index contributed by atoms with van der Waals surface area (Å²) < 4.78 is 25.0. The summed E-state index contributed by atoms with van der Waals surface area (Å²) in [6.07, 6.45) is -1.15. The summed E-state index contributed by atoms with van der Waals surface area (Å²) in [6.45, 7) is 2.23. The highest BCUT2D eigenvalue weighted by molar-refractivity contribution is 7.96. The standard InChI is InChI=1S/C19H26FN5O5S.ClH/c1-29-11-15(21)17(26)24-6-4-23(5-7-24)16-3-2-12(8-14(16)20)25-10-13(30-19(25)28)9-22-18(27)31;/h2-3,8,13,15H,4-7,9-11,21H2,1H3,(H2,22,27,31);1H/t13-,15-;/m0./s1. The van der Waals surface area contributed by atoms with E-state index in [9.17, 15) is 18.8 Å². The monoisotopic (exact) mass is 491 g/mol. The van der Waals surface area contributed by atoms with Gasteiger partial charge in [-0.2, -0.15) is 0 Å². The molecule has 2 saturated heterocycles. The van der Waals surface area contributed by atoms with Gasteiger partial charge in [-0.1, -0.05) is 12.6 Å². The van der Waals surface area contributed by atoms with E-state index in [1.807, 2.05) is 4.90 Å². The fourth-order valence-corrected chi connectivity index (χ4v) is 3.70. The molecule has 3 amide bonds. The number of nitrogens with one attached hydrogen (secondary N) is 1. The van der Waals surface area contributed by atoms with Crippen molar-refractivity contribution in [3.63, 3.8) is 0 Å². The fourth-order valence-electron chi connectivity index (χ4n) is 3.61. The number of rotatable bonds is 7. The van der Waals surface area contributed by atoms with Gasteiger partial charge in [-0.3, -0.25) is 14.5 Å². The van der Waals surface area contributed by atoms with Gasteiger partial charge < -0.3 is 30.3 Å². The molecule has 2 aliphatic rings. The molecule has 10 nitrogen and oxygen atoms in total. The van der Waals surface area contributed by atoms with Crippen LogP contribution >= 0.6 is 25.0 Å². The molecule has 0 bridgehead atoms. The third kappa shape index (κ3) is 6.15. The van der Waals surface area contributed by atoms with Crippen LogP contribution in [-0.2, 0) is 14.3 Å². The van der Waals surface area contributed by atoms with Gasteiger partial charge in [-0.25, -0.2) is 9.18 Å². The highest BCUT2D eigenvalue weighted by atomic mass is 35.5. The van der Waals surface area contributed by atoms with Crippen molar-refractivity contribution in [1.82, 2.24) is 10.2 Å². The minimum atomic E-state index is -0.710. The Hall–Kier alpha value is -2.28. The number of methoxy groups -OCH3 is 1. The zero-order valence-electron chi connectivity index (χ0n) is 17.5. The molecule has 13 heteroatoms. The molecule has 0 aromatic heterocycles. The average molecular weight is 492 g/mol. The molecule has 0 unspecified atom stereocenters.